The normalized spacial score (nSPS) is 13.0. The fraction of sp³-hybridized carbons (Fsp3) is 0.263. The van der Waals surface area contributed by atoms with Crippen molar-refractivity contribution in [2.45, 2.75) is 26.3 Å². The average Bonchev–Trinajstić information content (AvgIpc) is 2.90. The van der Waals surface area contributed by atoms with Crippen LogP contribution in [0.1, 0.15) is 36.8 Å². The maximum absolute atomic E-state index is 6.17. The summed E-state index contributed by atoms with van der Waals surface area (Å²) >= 11 is 0. The summed E-state index contributed by atoms with van der Waals surface area (Å²) in [6.45, 7) is 4.22. The molecule has 1 aromatic heterocycles. The molecule has 1 atom stereocenters. The van der Waals surface area contributed by atoms with Crippen molar-refractivity contribution in [2.24, 2.45) is 11.7 Å². The van der Waals surface area contributed by atoms with Gasteiger partial charge in [0.05, 0.1) is 6.04 Å². The van der Waals surface area contributed by atoms with Crippen LogP contribution in [-0.2, 0) is 6.42 Å². The quantitative estimate of drug-likeness (QED) is 0.753. The fourth-order valence-electron chi connectivity index (χ4n) is 2.55. The highest BCUT2D eigenvalue weighted by Gasteiger charge is 2.15. The lowest BCUT2D eigenvalue weighted by atomic mass is 10.0. The number of fused-ring (bicyclic) bond motifs is 1. The van der Waals surface area contributed by atoms with E-state index in [2.05, 4.69) is 56.3 Å². The Morgan fingerprint density at radius 2 is 1.71 bits per heavy atom. The van der Waals surface area contributed by atoms with E-state index in [0.29, 0.717) is 5.92 Å². The van der Waals surface area contributed by atoms with E-state index >= 15 is 0 Å². The van der Waals surface area contributed by atoms with Crippen LogP contribution in [0.5, 0.6) is 0 Å². The Kier molecular flexibility index (Phi) is 3.80. The summed E-state index contributed by atoms with van der Waals surface area (Å²) in [6, 6.07) is 18.9. The van der Waals surface area contributed by atoms with Crippen molar-refractivity contribution in [1.29, 1.82) is 0 Å². The molecule has 1 heterocycles. The molecule has 21 heavy (non-hydrogen) atoms. The second-order valence-corrected chi connectivity index (χ2v) is 5.95. The summed E-state index contributed by atoms with van der Waals surface area (Å²) < 4.78 is 5.87. The van der Waals surface area contributed by atoms with E-state index in [9.17, 15) is 0 Å². The van der Waals surface area contributed by atoms with Gasteiger partial charge in [-0.25, -0.2) is 0 Å². The highest BCUT2D eigenvalue weighted by Crippen LogP contribution is 2.27. The van der Waals surface area contributed by atoms with Gasteiger partial charge in [-0.1, -0.05) is 50.2 Å². The lowest BCUT2D eigenvalue weighted by Crippen LogP contribution is -2.15. The topological polar surface area (TPSA) is 39.2 Å². The van der Waals surface area contributed by atoms with Crippen LogP contribution in [0.2, 0.25) is 0 Å². The molecule has 3 aromatic rings. The summed E-state index contributed by atoms with van der Waals surface area (Å²) in [5, 5.41) is 1.13. The Morgan fingerprint density at radius 3 is 2.43 bits per heavy atom. The second kappa shape index (κ2) is 5.74. The molecule has 108 valence electrons. The summed E-state index contributed by atoms with van der Waals surface area (Å²) in [4.78, 5) is 0. The minimum atomic E-state index is -0.0463. The molecule has 0 saturated heterocycles. The fourth-order valence-corrected chi connectivity index (χ4v) is 2.55. The number of nitrogens with two attached hydrogens (primary N) is 1. The first-order chi connectivity index (χ1) is 10.1. The lowest BCUT2D eigenvalue weighted by Gasteiger charge is -2.11. The maximum atomic E-state index is 6.17. The van der Waals surface area contributed by atoms with Gasteiger partial charge in [-0.15, -0.1) is 0 Å². The van der Waals surface area contributed by atoms with E-state index in [1.807, 2.05) is 12.1 Å². The Balaban J connectivity index is 1.90. The highest BCUT2D eigenvalue weighted by molar-refractivity contribution is 5.79. The Morgan fingerprint density at radius 1 is 0.952 bits per heavy atom. The van der Waals surface area contributed by atoms with E-state index in [1.54, 1.807) is 0 Å². The summed E-state index contributed by atoms with van der Waals surface area (Å²) in [7, 11) is 0. The Hall–Kier alpha value is -2.06. The molecule has 0 radical (unpaired) electrons. The van der Waals surface area contributed by atoms with E-state index in [4.69, 9.17) is 10.2 Å². The molecule has 0 aliphatic carbocycles. The molecule has 0 spiro atoms. The van der Waals surface area contributed by atoms with Crippen LogP contribution < -0.4 is 5.73 Å². The van der Waals surface area contributed by atoms with Gasteiger partial charge in [-0.05, 0) is 41.7 Å². The number of hydrogen-bond donors (Lipinski definition) is 1. The van der Waals surface area contributed by atoms with E-state index in [1.165, 1.54) is 11.1 Å². The third-order valence-corrected chi connectivity index (χ3v) is 3.90. The largest absolute Gasteiger partial charge is 0.459 e. The van der Waals surface area contributed by atoms with E-state index in [0.717, 1.165) is 23.2 Å². The minimum absolute atomic E-state index is 0.0463. The molecular weight excluding hydrogens is 258 g/mol. The first-order valence-corrected chi connectivity index (χ1v) is 7.45. The Labute approximate surface area is 125 Å². The van der Waals surface area contributed by atoms with Crippen molar-refractivity contribution < 1.29 is 4.42 Å². The smallest absolute Gasteiger partial charge is 0.134 e. The van der Waals surface area contributed by atoms with Gasteiger partial charge in [-0.2, -0.15) is 0 Å². The van der Waals surface area contributed by atoms with Crippen LogP contribution in [0.4, 0.5) is 0 Å². The van der Waals surface area contributed by atoms with Crippen LogP contribution in [0, 0.1) is 5.92 Å². The zero-order valence-corrected chi connectivity index (χ0v) is 12.5. The molecular formula is C19H21NO. The zero-order chi connectivity index (χ0) is 14.8. The van der Waals surface area contributed by atoms with Gasteiger partial charge < -0.3 is 10.2 Å². The second-order valence-electron chi connectivity index (χ2n) is 5.95. The molecule has 0 aliphatic rings. The third-order valence-electron chi connectivity index (χ3n) is 3.90. The van der Waals surface area contributed by atoms with Crippen molar-refractivity contribution in [3.63, 3.8) is 0 Å². The van der Waals surface area contributed by atoms with Gasteiger partial charge in [0.25, 0.3) is 0 Å². The van der Waals surface area contributed by atoms with E-state index in [-0.39, 0.29) is 6.04 Å². The van der Waals surface area contributed by atoms with E-state index < -0.39 is 0 Å². The van der Waals surface area contributed by atoms with Crippen molar-refractivity contribution >= 4 is 11.0 Å². The van der Waals surface area contributed by atoms with Crippen LogP contribution in [0.3, 0.4) is 0 Å². The number of benzene rings is 2. The average molecular weight is 279 g/mol. The molecule has 2 nitrogen and oxygen atoms in total. The zero-order valence-electron chi connectivity index (χ0n) is 12.5. The number of rotatable bonds is 4. The van der Waals surface area contributed by atoms with Crippen molar-refractivity contribution in [2.75, 3.05) is 0 Å². The predicted molar refractivity (Wildman–Crippen MR) is 87.2 cm³/mol. The number of hydrogen-bond acceptors (Lipinski definition) is 2. The molecule has 1 unspecified atom stereocenters. The third kappa shape index (κ3) is 3.01. The standard InChI is InChI=1S/C19H21NO/c1-13(2)19(20)18-12-16-11-15(8-9-17(16)21-18)10-14-6-4-3-5-7-14/h3-9,11-13,19H,10,20H2,1-2H3. The van der Waals surface area contributed by atoms with Gasteiger partial charge in [-0.3, -0.25) is 0 Å². The van der Waals surface area contributed by atoms with Gasteiger partial charge in [0.2, 0.25) is 0 Å². The first-order valence-electron chi connectivity index (χ1n) is 7.45. The number of furan rings is 1. The van der Waals surface area contributed by atoms with Gasteiger partial charge in [0.1, 0.15) is 11.3 Å². The van der Waals surface area contributed by atoms with Crippen molar-refractivity contribution in [3.8, 4) is 0 Å². The molecule has 3 rings (SSSR count). The van der Waals surface area contributed by atoms with Crippen molar-refractivity contribution in [3.05, 3.63) is 71.5 Å². The molecule has 0 bridgehead atoms. The van der Waals surface area contributed by atoms with Gasteiger partial charge in [0, 0.05) is 5.39 Å². The summed E-state index contributed by atoms with van der Waals surface area (Å²) in [5.41, 5.74) is 9.69. The van der Waals surface area contributed by atoms with Crippen LogP contribution in [0.15, 0.2) is 59.0 Å². The molecule has 2 N–H and O–H groups in total. The summed E-state index contributed by atoms with van der Waals surface area (Å²) in [5.74, 6) is 1.24. The van der Waals surface area contributed by atoms with Crippen molar-refractivity contribution in [1.82, 2.24) is 0 Å². The lowest BCUT2D eigenvalue weighted by molar-refractivity contribution is 0.418. The van der Waals surface area contributed by atoms with Crippen LogP contribution >= 0.6 is 0 Å². The highest BCUT2D eigenvalue weighted by atomic mass is 16.3. The summed E-state index contributed by atoms with van der Waals surface area (Å²) in [6.07, 6.45) is 0.938. The predicted octanol–water partition coefficient (Wildman–Crippen LogP) is 4.68. The molecule has 2 aromatic carbocycles. The molecule has 2 heteroatoms. The maximum Gasteiger partial charge on any atom is 0.134 e. The molecule has 0 amide bonds. The monoisotopic (exact) mass is 279 g/mol. The molecule has 0 aliphatic heterocycles. The Bertz CT molecular complexity index is 728. The SMILES string of the molecule is CC(C)C(N)c1cc2cc(Cc3ccccc3)ccc2o1. The molecule has 0 saturated carbocycles. The van der Waals surface area contributed by atoms with Crippen LogP contribution in [0.25, 0.3) is 11.0 Å². The first kappa shape index (κ1) is 13.9. The van der Waals surface area contributed by atoms with Crippen LogP contribution in [-0.4, -0.2) is 0 Å². The minimum Gasteiger partial charge on any atom is -0.459 e. The molecule has 0 fully saturated rings. The van der Waals surface area contributed by atoms with Gasteiger partial charge in [0.15, 0.2) is 0 Å². The van der Waals surface area contributed by atoms with Gasteiger partial charge >= 0.3 is 0 Å².